The fourth-order valence-corrected chi connectivity index (χ4v) is 3.25. The molecule has 1 heterocycles. The fraction of sp³-hybridized carbons (Fsp3) is 0.625. The Balaban J connectivity index is 1.80. The van der Waals surface area contributed by atoms with Gasteiger partial charge in [0, 0.05) is 23.7 Å². The third-order valence-corrected chi connectivity index (χ3v) is 4.67. The number of benzene rings is 1. The van der Waals surface area contributed by atoms with Crippen molar-refractivity contribution in [3.8, 4) is 0 Å². The first kappa shape index (κ1) is 16.0. The van der Waals surface area contributed by atoms with Crippen LogP contribution in [0.5, 0.6) is 0 Å². The Morgan fingerprint density at radius 2 is 2.05 bits per heavy atom. The first-order valence-electron chi connectivity index (χ1n) is 7.49. The van der Waals surface area contributed by atoms with E-state index in [0.717, 1.165) is 42.4 Å². The Bertz CT molecular complexity index is 396. The molecule has 1 fully saturated rings. The van der Waals surface area contributed by atoms with Crippen LogP contribution in [0.2, 0.25) is 0 Å². The zero-order valence-electron chi connectivity index (χ0n) is 11.8. The summed E-state index contributed by atoms with van der Waals surface area (Å²) in [5.41, 5.74) is 0.985. The molecule has 0 radical (unpaired) electrons. The van der Waals surface area contributed by atoms with Gasteiger partial charge in [0.05, 0.1) is 6.10 Å². The number of aliphatic hydroxyl groups excluding tert-OH is 2. The number of hydrogen-bond acceptors (Lipinski definition) is 3. The zero-order valence-corrected chi connectivity index (χ0v) is 13.4. The number of hydrogen-bond donors (Lipinski definition) is 2. The molecule has 0 spiro atoms. The summed E-state index contributed by atoms with van der Waals surface area (Å²) in [4.78, 5) is 2.47. The Hall–Kier alpha value is -0.420. The molecule has 0 saturated carbocycles. The van der Waals surface area contributed by atoms with Crippen LogP contribution in [0.15, 0.2) is 28.7 Å². The lowest BCUT2D eigenvalue weighted by molar-refractivity contribution is 0.133. The highest BCUT2D eigenvalue weighted by molar-refractivity contribution is 9.10. The summed E-state index contributed by atoms with van der Waals surface area (Å²) < 4.78 is 1.04. The third kappa shape index (κ3) is 4.55. The highest BCUT2D eigenvalue weighted by atomic mass is 79.9. The quantitative estimate of drug-likeness (QED) is 0.800. The standard InChI is InChI=1S/C16H24BrNO2/c17-14-7-5-13(6-8-14)16(20)9-11-18-10-1-3-15(18)4-2-12-19/h5-8,15-16,19-20H,1-4,9-12H2. The van der Waals surface area contributed by atoms with Crippen molar-refractivity contribution in [3.05, 3.63) is 34.3 Å². The van der Waals surface area contributed by atoms with E-state index in [4.69, 9.17) is 5.11 Å². The molecule has 1 saturated heterocycles. The van der Waals surface area contributed by atoms with Gasteiger partial charge in [-0.25, -0.2) is 0 Å². The van der Waals surface area contributed by atoms with Crippen LogP contribution in [-0.4, -0.2) is 40.9 Å². The predicted molar refractivity (Wildman–Crippen MR) is 84.6 cm³/mol. The topological polar surface area (TPSA) is 43.7 Å². The first-order valence-corrected chi connectivity index (χ1v) is 8.28. The van der Waals surface area contributed by atoms with Gasteiger partial charge < -0.3 is 15.1 Å². The number of aliphatic hydroxyl groups is 2. The predicted octanol–water partition coefficient (Wildman–Crippen LogP) is 3.11. The van der Waals surface area contributed by atoms with Crippen LogP contribution in [0.3, 0.4) is 0 Å². The maximum absolute atomic E-state index is 10.3. The summed E-state index contributed by atoms with van der Waals surface area (Å²) in [6.07, 6.45) is 4.82. The van der Waals surface area contributed by atoms with Crippen LogP contribution in [-0.2, 0) is 0 Å². The first-order chi connectivity index (χ1) is 9.70. The maximum atomic E-state index is 10.3. The van der Waals surface area contributed by atoms with E-state index in [-0.39, 0.29) is 12.7 Å². The van der Waals surface area contributed by atoms with Gasteiger partial charge in [-0.1, -0.05) is 28.1 Å². The molecule has 1 aromatic carbocycles. The highest BCUT2D eigenvalue weighted by Gasteiger charge is 2.24. The van der Waals surface area contributed by atoms with Crippen molar-refractivity contribution in [1.29, 1.82) is 0 Å². The van der Waals surface area contributed by atoms with Gasteiger partial charge in [0.2, 0.25) is 0 Å². The van der Waals surface area contributed by atoms with Crippen molar-refractivity contribution in [2.45, 2.75) is 44.2 Å². The van der Waals surface area contributed by atoms with Gasteiger partial charge in [-0.05, 0) is 56.3 Å². The highest BCUT2D eigenvalue weighted by Crippen LogP contribution is 2.24. The van der Waals surface area contributed by atoms with Gasteiger partial charge in [-0.2, -0.15) is 0 Å². The average Bonchev–Trinajstić information content (AvgIpc) is 2.90. The van der Waals surface area contributed by atoms with Gasteiger partial charge in [0.1, 0.15) is 0 Å². The Morgan fingerprint density at radius 1 is 1.30 bits per heavy atom. The summed E-state index contributed by atoms with van der Waals surface area (Å²) >= 11 is 3.41. The summed E-state index contributed by atoms with van der Waals surface area (Å²) in [6.45, 7) is 2.35. The van der Waals surface area contributed by atoms with E-state index in [0.29, 0.717) is 6.04 Å². The molecule has 0 aromatic heterocycles. The van der Waals surface area contributed by atoms with Gasteiger partial charge in [0.25, 0.3) is 0 Å². The molecule has 0 amide bonds. The lowest BCUT2D eigenvalue weighted by Crippen LogP contribution is -2.31. The molecule has 4 heteroatoms. The largest absolute Gasteiger partial charge is 0.396 e. The van der Waals surface area contributed by atoms with Crippen LogP contribution in [0.4, 0.5) is 0 Å². The van der Waals surface area contributed by atoms with E-state index >= 15 is 0 Å². The third-order valence-electron chi connectivity index (χ3n) is 4.14. The second kappa shape index (κ2) is 8.13. The van der Waals surface area contributed by atoms with Crippen LogP contribution in [0.1, 0.15) is 43.8 Å². The molecule has 2 unspecified atom stereocenters. The van der Waals surface area contributed by atoms with Crippen molar-refractivity contribution in [3.63, 3.8) is 0 Å². The van der Waals surface area contributed by atoms with Crippen molar-refractivity contribution < 1.29 is 10.2 Å². The SMILES string of the molecule is OCCCC1CCCN1CCC(O)c1ccc(Br)cc1. The summed E-state index contributed by atoms with van der Waals surface area (Å²) in [7, 11) is 0. The Kier molecular flexibility index (Phi) is 6.49. The molecule has 2 atom stereocenters. The van der Waals surface area contributed by atoms with E-state index < -0.39 is 0 Å². The molecule has 2 rings (SSSR count). The molecular formula is C16H24BrNO2. The molecule has 3 nitrogen and oxygen atoms in total. The molecule has 1 aliphatic rings. The second-order valence-corrected chi connectivity index (χ2v) is 6.47. The maximum Gasteiger partial charge on any atom is 0.0802 e. The van der Waals surface area contributed by atoms with Gasteiger partial charge in [-0.3, -0.25) is 0 Å². The molecule has 2 N–H and O–H groups in total. The summed E-state index contributed by atoms with van der Waals surface area (Å²) in [5, 5.41) is 19.2. The number of rotatable bonds is 7. The van der Waals surface area contributed by atoms with Crippen molar-refractivity contribution >= 4 is 15.9 Å². The van der Waals surface area contributed by atoms with Crippen LogP contribution in [0.25, 0.3) is 0 Å². The number of nitrogens with zero attached hydrogens (tertiary/aromatic N) is 1. The monoisotopic (exact) mass is 341 g/mol. The van der Waals surface area contributed by atoms with E-state index in [1.165, 1.54) is 12.8 Å². The molecule has 112 valence electrons. The molecule has 0 bridgehead atoms. The minimum Gasteiger partial charge on any atom is -0.396 e. The van der Waals surface area contributed by atoms with Gasteiger partial charge in [0.15, 0.2) is 0 Å². The number of halogens is 1. The molecule has 1 aliphatic heterocycles. The van der Waals surface area contributed by atoms with Crippen LogP contribution in [0, 0.1) is 0 Å². The fourth-order valence-electron chi connectivity index (χ4n) is 2.98. The van der Waals surface area contributed by atoms with Gasteiger partial charge in [-0.15, -0.1) is 0 Å². The smallest absolute Gasteiger partial charge is 0.0802 e. The summed E-state index contributed by atoms with van der Waals surface area (Å²) in [5.74, 6) is 0. The summed E-state index contributed by atoms with van der Waals surface area (Å²) in [6, 6.07) is 8.49. The Labute approximate surface area is 129 Å². The minimum absolute atomic E-state index is 0.284. The molecule has 20 heavy (non-hydrogen) atoms. The average molecular weight is 342 g/mol. The van der Waals surface area contributed by atoms with E-state index in [2.05, 4.69) is 20.8 Å². The van der Waals surface area contributed by atoms with Crippen molar-refractivity contribution in [2.24, 2.45) is 0 Å². The minimum atomic E-state index is -0.387. The van der Waals surface area contributed by atoms with Crippen LogP contribution < -0.4 is 0 Å². The van der Waals surface area contributed by atoms with E-state index in [1.54, 1.807) is 0 Å². The van der Waals surface area contributed by atoms with Crippen LogP contribution >= 0.6 is 15.9 Å². The lowest BCUT2D eigenvalue weighted by atomic mass is 10.1. The number of likely N-dealkylation sites (tertiary alicyclic amines) is 1. The van der Waals surface area contributed by atoms with E-state index in [1.807, 2.05) is 24.3 Å². The second-order valence-electron chi connectivity index (χ2n) is 5.55. The molecule has 0 aliphatic carbocycles. The van der Waals surface area contributed by atoms with Crippen molar-refractivity contribution in [1.82, 2.24) is 4.90 Å². The van der Waals surface area contributed by atoms with E-state index in [9.17, 15) is 5.11 Å². The lowest BCUT2D eigenvalue weighted by Gasteiger charge is -2.25. The zero-order chi connectivity index (χ0) is 14.4. The Morgan fingerprint density at radius 3 is 2.75 bits per heavy atom. The molecule has 1 aromatic rings. The van der Waals surface area contributed by atoms with Gasteiger partial charge >= 0.3 is 0 Å². The normalized spacial score (nSPS) is 21.2. The van der Waals surface area contributed by atoms with Crippen molar-refractivity contribution in [2.75, 3.05) is 19.7 Å². The molecular weight excluding hydrogens is 318 g/mol.